The fourth-order valence-electron chi connectivity index (χ4n) is 1.77. The van der Waals surface area contributed by atoms with Crippen LogP contribution in [0.1, 0.15) is 11.1 Å². The topological polar surface area (TPSA) is 87.8 Å². The van der Waals surface area contributed by atoms with Crippen LogP contribution in [-0.2, 0) is 0 Å². The molecule has 0 fully saturated rings. The first-order valence-electron chi connectivity index (χ1n) is 5.55. The van der Waals surface area contributed by atoms with Crippen LogP contribution < -0.4 is 5.73 Å². The number of aliphatic hydroxyl groups excluding tert-OH is 1. The van der Waals surface area contributed by atoms with Crippen molar-refractivity contribution in [3.63, 3.8) is 0 Å². The average Bonchev–Trinajstić information content (AvgIpc) is 3.05. The number of aromatic amines is 1. The van der Waals surface area contributed by atoms with Gasteiger partial charge in [-0.25, -0.2) is 9.97 Å². The zero-order valence-electron chi connectivity index (χ0n) is 9.50. The second kappa shape index (κ2) is 4.49. The minimum atomic E-state index is -0.681. The number of nitrogens with one attached hydrogen (secondary N) is 1. The molecule has 0 spiro atoms. The molecule has 18 heavy (non-hydrogen) atoms. The Kier molecular flexibility index (Phi) is 2.83. The number of rotatable bonds is 3. The second-order valence-corrected chi connectivity index (χ2v) is 4.85. The molecule has 5 nitrogen and oxygen atoms in total. The van der Waals surface area contributed by atoms with Gasteiger partial charge in [0.25, 0.3) is 0 Å². The summed E-state index contributed by atoms with van der Waals surface area (Å²) in [5.74, 6) is 0. The molecular weight excluding hydrogens is 248 g/mol. The highest BCUT2D eigenvalue weighted by molar-refractivity contribution is 7.10. The molecular formula is C12H12N4OS. The van der Waals surface area contributed by atoms with Crippen molar-refractivity contribution in [2.45, 2.75) is 6.10 Å². The lowest BCUT2D eigenvalue weighted by atomic mass is 10.1. The van der Waals surface area contributed by atoms with E-state index in [9.17, 15) is 5.11 Å². The zero-order valence-corrected chi connectivity index (χ0v) is 10.3. The van der Waals surface area contributed by atoms with E-state index >= 15 is 0 Å². The van der Waals surface area contributed by atoms with Gasteiger partial charge in [-0.3, -0.25) is 0 Å². The van der Waals surface area contributed by atoms with Crippen molar-refractivity contribution < 1.29 is 5.11 Å². The number of hydrogen-bond acceptors (Lipinski definition) is 5. The van der Waals surface area contributed by atoms with E-state index in [-0.39, 0.29) is 6.54 Å². The number of fused-ring (bicyclic) bond motifs is 1. The third kappa shape index (κ3) is 1.90. The predicted octanol–water partition coefficient (Wildman–Crippen LogP) is 1.68. The van der Waals surface area contributed by atoms with Crippen LogP contribution >= 0.6 is 11.3 Å². The molecule has 3 aromatic rings. The van der Waals surface area contributed by atoms with E-state index in [0.29, 0.717) is 5.01 Å². The number of aromatic nitrogens is 3. The summed E-state index contributed by atoms with van der Waals surface area (Å²) in [6.07, 6.45) is 0.985. The van der Waals surface area contributed by atoms with Crippen molar-refractivity contribution in [3.8, 4) is 11.3 Å². The predicted molar refractivity (Wildman–Crippen MR) is 71.2 cm³/mol. The Labute approximate surface area is 107 Å². The molecule has 0 saturated heterocycles. The summed E-state index contributed by atoms with van der Waals surface area (Å²) in [7, 11) is 0. The molecule has 1 aromatic carbocycles. The van der Waals surface area contributed by atoms with Crippen molar-refractivity contribution in [1.82, 2.24) is 15.0 Å². The first-order chi connectivity index (χ1) is 8.78. The molecule has 0 radical (unpaired) electrons. The molecule has 1 atom stereocenters. The number of aliphatic hydroxyl groups is 1. The Bertz CT molecular complexity index is 675. The van der Waals surface area contributed by atoms with Gasteiger partial charge in [0.15, 0.2) is 0 Å². The van der Waals surface area contributed by atoms with E-state index in [1.54, 1.807) is 6.33 Å². The molecule has 0 aliphatic heterocycles. The monoisotopic (exact) mass is 260 g/mol. The molecule has 4 N–H and O–H groups in total. The number of thiazole rings is 1. The molecule has 6 heteroatoms. The number of benzene rings is 1. The lowest BCUT2D eigenvalue weighted by Gasteiger charge is -2.01. The molecule has 2 aromatic heterocycles. The van der Waals surface area contributed by atoms with Crippen LogP contribution in [0.25, 0.3) is 22.3 Å². The van der Waals surface area contributed by atoms with Crippen molar-refractivity contribution in [3.05, 3.63) is 34.9 Å². The van der Waals surface area contributed by atoms with Gasteiger partial charge in [-0.15, -0.1) is 11.3 Å². The highest BCUT2D eigenvalue weighted by Gasteiger charge is 2.11. The highest BCUT2D eigenvalue weighted by Crippen LogP contribution is 2.26. The quantitative estimate of drug-likeness (QED) is 0.668. The van der Waals surface area contributed by atoms with Crippen LogP contribution in [0.3, 0.4) is 0 Å². The summed E-state index contributed by atoms with van der Waals surface area (Å²) >= 11 is 1.42. The standard InChI is InChI=1S/C12H12N4OS/c13-4-11(17)12-16-10(5-18-12)7-1-2-8-9(3-7)15-6-14-8/h1-3,5-6,11,17H,4,13H2,(H,14,15). The Morgan fingerprint density at radius 3 is 3.17 bits per heavy atom. The summed E-state index contributed by atoms with van der Waals surface area (Å²) in [5.41, 5.74) is 9.16. The molecule has 3 rings (SSSR count). The van der Waals surface area contributed by atoms with Gasteiger partial charge in [0, 0.05) is 17.5 Å². The molecule has 0 aliphatic carbocycles. The number of nitrogens with two attached hydrogens (primary N) is 1. The maximum absolute atomic E-state index is 9.63. The van der Waals surface area contributed by atoms with E-state index in [2.05, 4.69) is 15.0 Å². The van der Waals surface area contributed by atoms with Crippen LogP contribution in [-0.4, -0.2) is 26.6 Å². The van der Waals surface area contributed by atoms with Gasteiger partial charge in [0.2, 0.25) is 0 Å². The summed E-state index contributed by atoms with van der Waals surface area (Å²) in [5, 5.41) is 12.2. The fraction of sp³-hybridized carbons (Fsp3) is 0.167. The Hall–Kier alpha value is -1.76. The smallest absolute Gasteiger partial charge is 0.123 e. The highest BCUT2D eigenvalue weighted by atomic mass is 32.1. The van der Waals surface area contributed by atoms with Crippen molar-refractivity contribution in [2.75, 3.05) is 6.54 Å². The average molecular weight is 260 g/mol. The van der Waals surface area contributed by atoms with Crippen molar-refractivity contribution in [2.24, 2.45) is 5.73 Å². The van der Waals surface area contributed by atoms with Crippen LogP contribution in [0.2, 0.25) is 0 Å². The molecule has 0 amide bonds. The van der Waals surface area contributed by atoms with Crippen LogP contribution in [0.4, 0.5) is 0 Å². The van der Waals surface area contributed by atoms with Crippen LogP contribution in [0.5, 0.6) is 0 Å². The van der Waals surface area contributed by atoms with Gasteiger partial charge in [-0.05, 0) is 12.1 Å². The van der Waals surface area contributed by atoms with E-state index in [1.807, 2.05) is 23.6 Å². The van der Waals surface area contributed by atoms with Crippen molar-refractivity contribution >= 4 is 22.4 Å². The number of imidazole rings is 1. The molecule has 0 saturated carbocycles. The fourth-order valence-corrected chi connectivity index (χ4v) is 2.59. The summed E-state index contributed by atoms with van der Waals surface area (Å²) < 4.78 is 0. The maximum atomic E-state index is 9.63. The number of hydrogen-bond donors (Lipinski definition) is 3. The second-order valence-electron chi connectivity index (χ2n) is 3.96. The lowest BCUT2D eigenvalue weighted by Crippen LogP contribution is -2.10. The van der Waals surface area contributed by atoms with E-state index in [1.165, 1.54) is 11.3 Å². The molecule has 1 unspecified atom stereocenters. The van der Waals surface area contributed by atoms with Crippen molar-refractivity contribution in [1.29, 1.82) is 0 Å². The Morgan fingerprint density at radius 2 is 2.33 bits per heavy atom. The van der Waals surface area contributed by atoms with E-state index < -0.39 is 6.10 Å². The maximum Gasteiger partial charge on any atom is 0.123 e. The van der Waals surface area contributed by atoms with Gasteiger partial charge in [-0.2, -0.15) is 0 Å². The minimum absolute atomic E-state index is 0.187. The van der Waals surface area contributed by atoms with Gasteiger partial charge in [0.05, 0.1) is 23.1 Å². The SMILES string of the molecule is NCC(O)c1nc(-c2ccc3nc[nH]c3c2)cs1. The third-order valence-electron chi connectivity index (χ3n) is 2.75. The largest absolute Gasteiger partial charge is 0.385 e. The van der Waals surface area contributed by atoms with Gasteiger partial charge in [0.1, 0.15) is 11.1 Å². The summed E-state index contributed by atoms with van der Waals surface area (Å²) in [4.78, 5) is 11.6. The molecule has 0 bridgehead atoms. The Balaban J connectivity index is 2.00. The first-order valence-corrected chi connectivity index (χ1v) is 6.43. The zero-order chi connectivity index (χ0) is 12.5. The first kappa shape index (κ1) is 11.3. The minimum Gasteiger partial charge on any atom is -0.385 e. The molecule has 92 valence electrons. The Morgan fingerprint density at radius 1 is 1.44 bits per heavy atom. The van der Waals surface area contributed by atoms with Gasteiger partial charge in [-0.1, -0.05) is 6.07 Å². The van der Waals surface area contributed by atoms with Gasteiger partial charge >= 0.3 is 0 Å². The van der Waals surface area contributed by atoms with Crippen LogP contribution in [0.15, 0.2) is 29.9 Å². The molecule has 2 heterocycles. The lowest BCUT2D eigenvalue weighted by molar-refractivity contribution is 0.186. The van der Waals surface area contributed by atoms with Gasteiger partial charge < -0.3 is 15.8 Å². The van der Waals surface area contributed by atoms with Crippen LogP contribution in [0, 0.1) is 0 Å². The number of H-pyrrole nitrogens is 1. The summed E-state index contributed by atoms with van der Waals surface area (Å²) in [6, 6.07) is 5.91. The number of nitrogens with zero attached hydrogens (tertiary/aromatic N) is 2. The molecule has 0 aliphatic rings. The van der Waals surface area contributed by atoms with E-state index in [4.69, 9.17) is 5.73 Å². The third-order valence-corrected chi connectivity index (χ3v) is 3.69. The normalized spacial score (nSPS) is 13.0. The van der Waals surface area contributed by atoms with E-state index in [0.717, 1.165) is 22.3 Å². The summed E-state index contributed by atoms with van der Waals surface area (Å²) in [6.45, 7) is 0.187.